The lowest BCUT2D eigenvalue weighted by atomic mass is 10.0. The van der Waals surface area contributed by atoms with Crippen LogP contribution in [0.4, 0.5) is 5.69 Å². The Kier molecular flexibility index (Phi) is 3.69. The van der Waals surface area contributed by atoms with Gasteiger partial charge in [0.25, 0.3) is 5.91 Å². The quantitative estimate of drug-likeness (QED) is 0.916. The van der Waals surface area contributed by atoms with Crippen LogP contribution in [0.25, 0.3) is 5.69 Å². The second-order valence-corrected chi connectivity index (χ2v) is 5.73. The third-order valence-electron chi connectivity index (χ3n) is 3.79. The summed E-state index contributed by atoms with van der Waals surface area (Å²) in [5, 5.41) is 17.7. The Balaban J connectivity index is 1.77. The lowest BCUT2D eigenvalue weighted by Crippen LogP contribution is -2.40. The first kappa shape index (κ1) is 14.1. The van der Waals surface area contributed by atoms with E-state index in [-0.39, 0.29) is 5.91 Å². The average molecular weight is 306 g/mol. The van der Waals surface area contributed by atoms with Crippen molar-refractivity contribution in [1.29, 1.82) is 0 Å². The maximum absolute atomic E-state index is 12.1. The Hall–Kier alpha value is -1.85. The molecule has 0 spiro atoms. The number of rotatable bonds is 3. The van der Waals surface area contributed by atoms with Crippen LogP contribution in [-0.4, -0.2) is 26.4 Å². The molecule has 0 unspecified atom stereocenters. The van der Waals surface area contributed by atoms with Gasteiger partial charge in [-0.3, -0.25) is 4.79 Å². The van der Waals surface area contributed by atoms with Crippen LogP contribution in [-0.2, 0) is 4.79 Å². The van der Waals surface area contributed by atoms with Gasteiger partial charge in [-0.15, -0.1) is 0 Å². The number of aromatic nitrogens is 2. The van der Waals surface area contributed by atoms with Gasteiger partial charge in [0.05, 0.1) is 28.8 Å². The highest BCUT2D eigenvalue weighted by molar-refractivity contribution is 6.32. The number of para-hydroxylation sites is 1. The summed E-state index contributed by atoms with van der Waals surface area (Å²) in [5.74, 6) is -0.362. The molecule has 0 bridgehead atoms. The van der Waals surface area contributed by atoms with E-state index in [0.29, 0.717) is 23.6 Å². The minimum absolute atomic E-state index is 0.362. The number of carbonyl (C=O) groups is 1. The molecule has 1 fully saturated rings. The highest BCUT2D eigenvalue weighted by Gasteiger charge is 2.38. The van der Waals surface area contributed by atoms with Gasteiger partial charge in [-0.25, -0.2) is 4.68 Å². The lowest BCUT2D eigenvalue weighted by molar-refractivity contribution is -0.133. The van der Waals surface area contributed by atoms with Crippen molar-refractivity contribution in [3.05, 3.63) is 41.7 Å². The second kappa shape index (κ2) is 5.50. The molecule has 1 aromatic carbocycles. The summed E-state index contributed by atoms with van der Waals surface area (Å²) >= 11 is 6.11. The zero-order valence-corrected chi connectivity index (χ0v) is 12.2. The fraction of sp³-hybridized carbons (Fsp3) is 0.333. The zero-order chi connectivity index (χ0) is 14.9. The molecule has 2 N–H and O–H groups in total. The van der Waals surface area contributed by atoms with Crippen LogP contribution in [0.3, 0.4) is 0 Å². The Labute approximate surface area is 127 Å². The molecule has 0 aliphatic heterocycles. The molecule has 1 heterocycles. The predicted molar refractivity (Wildman–Crippen MR) is 80.6 cm³/mol. The standard InChI is InChI=1S/C15H16ClN3O2/c16-12-5-1-2-6-13(12)19-10-11(9-17-19)18-14(20)15(21)7-3-4-8-15/h1-2,5-6,9-10,21H,3-4,7-8H2,(H,18,20). The molecule has 1 aromatic heterocycles. The van der Waals surface area contributed by atoms with Gasteiger partial charge in [0.2, 0.25) is 0 Å². The van der Waals surface area contributed by atoms with E-state index in [1.807, 2.05) is 18.2 Å². The number of hydrogen-bond acceptors (Lipinski definition) is 3. The number of carbonyl (C=O) groups excluding carboxylic acids is 1. The Morgan fingerprint density at radius 3 is 2.76 bits per heavy atom. The Morgan fingerprint density at radius 1 is 1.33 bits per heavy atom. The number of anilines is 1. The van der Waals surface area contributed by atoms with E-state index >= 15 is 0 Å². The topological polar surface area (TPSA) is 67.2 Å². The monoisotopic (exact) mass is 305 g/mol. The highest BCUT2D eigenvalue weighted by Crippen LogP contribution is 2.30. The molecule has 1 amide bonds. The van der Waals surface area contributed by atoms with Crippen LogP contribution in [0.2, 0.25) is 5.02 Å². The van der Waals surface area contributed by atoms with Crippen LogP contribution in [0.5, 0.6) is 0 Å². The molecule has 3 rings (SSSR count). The van der Waals surface area contributed by atoms with Crippen molar-refractivity contribution in [1.82, 2.24) is 9.78 Å². The van der Waals surface area contributed by atoms with Crippen LogP contribution in [0.1, 0.15) is 25.7 Å². The van der Waals surface area contributed by atoms with Gasteiger partial charge < -0.3 is 10.4 Å². The van der Waals surface area contributed by atoms with E-state index in [1.165, 1.54) is 0 Å². The normalized spacial score (nSPS) is 16.9. The summed E-state index contributed by atoms with van der Waals surface area (Å²) in [4.78, 5) is 12.1. The Bertz CT molecular complexity index is 662. The van der Waals surface area contributed by atoms with Crippen molar-refractivity contribution < 1.29 is 9.90 Å². The number of nitrogens with zero attached hydrogens (tertiary/aromatic N) is 2. The molecule has 0 atom stereocenters. The number of hydrogen-bond donors (Lipinski definition) is 2. The molecule has 1 aliphatic rings. The summed E-state index contributed by atoms with van der Waals surface area (Å²) in [6.07, 6.45) is 6.00. The number of benzene rings is 1. The van der Waals surface area contributed by atoms with Crippen LogP contribution in [0, 0.1) is 0 Å². The average Bonchev–Trinajstić information content (AvgIpc) is 3.09. The number of nitrogens with one attached hydrogen (secondary N) is 1. The number of amides is 1. The molecule has 6 heteroatoms. The van der Waals surface area contributed by atoms with Gasteiger partial charge in [-0.05, 0) is 37.8 Å². The summed E-state index contributed by atoms with van der Waals surface area (Å²) in [6.45, 7) is 0. The fourth-order valence-corrected chi connectivity index (χ4v) is 2.81. The van der Waals surface area contributed by atoms with Gasteiger partial charge in [-0.2, -0.15) is 5.10 Å². The molecule has 0 saturated heterocycles. The van der Waals surface area contributed by atoms with Crippen molar-refractivity contribution >= 4 is 23.2 Å². The molecule has 1 aliphatic carbocycles. The van der Waals surface area contributed by atoms with E-state index in [9.17, 15) is 9.90 Å². The van der Waals surface area contributed by atoms with Crippen LogP contribution >= 0.6 is 11.6 Å². The van der Waals surface area contributed by atoms with Gasteiger partial charge in [-0.1, -0.05) is 23.7 Å². The van der Waals surface area contributed by atoms with Crippen molar-refractivity contribution in [2.45, 2.75) is 31.3 Å². The minimum atomic E-state index is -1.24. The first-order valence-corrected chi connectivity index (χ1v) is 7.30. The predicted octanol–water partition coefficient (Wildman–Crippen LogP) is 2.77. The molecular formula is C15H16ClN3O2. The SMILES string of the molecule is O=C(Nc1cnn(-c2ccccc2Cl)c1)C1(O)CCCC1. The first-order valence-electron chi connectivity index (χ1n) is 6.92. The molecule has 0 radical (unpaired) electrons. The van der Waals surface area contributed by atoms with Crippen molar-refractivity contribution in [2.24, 2.45) is 0 Å². The van der Waals surface area contributed by atoms with Gasteiger partial charge in [0.15, 0.2) is 0 Å². The van der Waals surface area contributed by atoms with Crippen LogP contribution < -0.4 is 5.32 Å². The first-order chi connectivity index (χ1) is 10.1. The van der Waals surface area contributed by atoms with Gasteiger partial charge in [0, 0.05) is 0 Å². The molecule has 2 aromatic rings. The van der Waals surface area contributed by atoms with Crippen molar-refractivity contribution in [3.63, 3.8) is 0 Å². The molecule has 5 nitrogen and oxygen atoms in total. The number of halogens is 1. The Morgan fingerprint density at radius 2 is 2.05 bits per heavy atom. The third-order valence-corrected chi connectivity index (χ3v) is 4.11. The van der Waals surface area contributed by atoms with Gasteiger partial charge in [0.1, 0.15) is 5.60 Å². The minimum Gasteiger partial charge on any atom is -0.380 e. The van der Waals surface area contributed by atoms with Crippen molar-refractivity contribution in [2.75, 3.05) is 5.32 Å². The molecule has 110 valence electrons. The molecule has 21 heavy (non-hydrogen) atoms. The van der Waals surface area contributed by atoms with Gasteiger partial charge >= 0.3 is 0 Å². The van der Waals surface area contributed by atoms with E-state index in [2.05, 4.69) is 10.4 Å². The lowest BCUT2D eigenvalue weighted by Gasteiger charge is -2.20. The van der Waals surface area contributed by atoms with E-state index in [1.54, 1.807) is 23.1 Å². The maximum Gasteiger partial charge on any atom is 0.256 e. The summed E-state index contributed by atoms with van der Waals surface area (Å²) < 4.78 is 1.59. The van der Waals surface area contributed by atoms with E-state index < -0.39 is 5.60 Å². The fourth-order valence-electron chi connectivity index (χ4n) is 2.59. The van der Waals surface area contributed by atoms with Crippen molar-refractivity contribution in [3.8, 4) is 5.69 Å². The smallest absolute Gasteiger partial charge is 0.256 e. The maximum atomic E-state index is 12.1. The highest BCUT2D eigenvalue weighted by atomic mass is 35.5. The van der Waals surface area contributed by atoms with E-state index in [0.717, 1.165) is 18.5 Å². The number of aliphatic hydroxyl groups is 1. The summed E-state index contributed by atoms with van der Waals surface area (Å²) in [6, 6.07) is 7.32. The second-order valence-electron chi connectivity index (χ2n) is 5.32. The molecular weight excluding hydrogens is 290 g/mol. The molecule has 1 saturated carbocycles. The van der Waals surface area contributed by atoms with Crippen LogP contribution in [0.15, 0.2) is 36.7 Å². The summed E-state index contributed by atoms with van der Waals surface area (Å²) in [5.41, 5.74) is 0.0337. The summed E-state index contributed by atoms with van der Waals surface area (Å²) in [7, 11) is 0. The zero-order valence-electron chi connectivity index (χ0n) is 11.4. The third kappa shape index (κ3) is 2.80. The van der Waals surface area contributed by atoms with E-state index in [4.69, 9.17) is 11.6 Å². The largest absolute Gasteiger partial charge is 0.380 e.